The van der Waals surface area contributed by atoms with Gasteiger partial charge in [0, 0.05) is 4.47 Å². The molecule has 170 valence electrons. The summed E-state index contributed by atoms with van der Waals surface area (Å²) in [5.41, 5.74) is 0.0426. The maximum atomic E-state index is 12.5. The number of esters is 1. The molecule has 2 amide bonds. The molecule has 1 heterocycles. The molecule has 1 aliphatic heterocycles. The number of imide groups is 1. The van der Waals surface area contributed by atoms with Gasteiger partial charge in [0.25, 0.3) is 0 Å². The van der Waals surface area contributed by atoms with Gasteiger partial charge in [-0.1, -0.05) is 55.8 Å². The van der Waals surface area contributed by atoms with Crippen LogP contribution in [0.15, 0.2) is 28.7 Å². The van der Waals surface area contributed by atoms with Crippen molar-refractivity contribution < 1.29 is 28.6 Å². The van der Waals surface area contributed by atoms with Crippen molar-refractivity contribution in [3.05, 3.63) is 34.3 Å². The monoisotopic (exact) mass is 487 g/mol. The minimum atomic E-state index is -1.20. The predicted molar refractivity (Wildman–Crippen MR) is 119 cm³/mol. The van der Waals surface area contributed by atoms with Gasteiger partial charge < -0.3 is 14.2 Å². The number of hydrogen-bond donors (Lipinski definition) is 0. The molecule has 8 heteroatoms. The van der Waals surface area contributed by atoms with Crippen molar-refractivity contribution in [1.82, 2.24) is 4.90 Å². The lowest BCUT2D eigenvalue weighted by Gasteiger charge is -2.26. The van der Waals surface area contributed by atoms with Crippen LogP contribution in [0.1, 0.15) is 61.0 Å². The third kappa shape index (κ3) is 8.34. The van der Waals surface area contributed by atoms with E-state index in [4.69, 9.17) is 14.2 Å². The third-order valence-corrected chi connectivity index (χ3v) is 4.10. The van der Waals surface area contributed by atoms with Crippen LogP contribution in [-0.4, -0.2) is 47.4 Å². The number of halogens is 1. The number of benzene rings is 1. The highest BCUT2D eigenvalue weighted by Crippen LogP contribution is 2.27. The van der Waals surface area contributed by atoms with Gasteiger partial charge >= 0.3 is 18.2 Å². The molecular weight excluding hydrogens is 454 g/mol. The van der Waals surface area contributed by atoms with E-state index in [9.17, 15) is 14.4 Å². The summed E-state index contributed by atoms with van der Waals surface area (Å²) in [7, 11) is 0. The number of hydrogen-bond acceptors (Lipinski definition) is 6. The van der Waals surface area contributed by atoms with Crippen LogP contribution in [0.25, 0.3) is 0 Å². The standard InChI is InChI=1S/C18H22BrNO6.2C2H6/c1-5-24-15(21)14-13(10-11-6-8-12(19)9-7-11)20(16(22)25-14)17(23)26-18(2,3)4;2*1-2/h6-9,13-14H,5,10H2,1-4H3;2*1-2H3/t13-,14+;;/m1../s1. The summed E-state index contributed by atoms with van der Waals surface area (Å²) in [5, 5.41) is 0. The Morgan fingerprint density at radius 1 is 1.10 bits per heavy atom. The first-order valence-electron chi connectivity index (χ1n) is 10.3. The van der Waals surface area contributed by atoms with Gasteiger partial charge in [-0.2, -0.15) is 0 Å². The Bertz CT molecular complexity index is 684. The highest BCUT2D eigenvalue weighted by atomic mass is 79.9. The number of ether oxygens (including phenoxy) is 3. The maximum Gasteiger partial charge on any atom is 0.420 e. The predicted octanol–water partition coefficient (Wildman–Crippen LogP) is 5.73. The summed E-state index contributed by atoms with van der Waals surface area (Å²) < 4.78 is 16.3. The fourth-order valence-electron chi connectivity index (χ4n) is 2.53. The summed E-state index contributed by atoms with van der Waals surface area (Å²) in [6.45, 7) is 14.9. The molecule has 1 aromatic rings. The molecule has 0 unspecified atom stereocenters. The van der Waals surface area contributed by atoms with Crippen LogP contribution < -0.4 is 0 Å². The van der Waals surface area contributed by atoms with Gasteiger partial charge in [-0.05, 0) is 51.8 Å². The van der Waals surface area contributed by atoms with Crippen molar-refractivity contribution in [1.29, 1.82) is 0 Å². The lowest BCUT2D eigenvalue weighted by Crippen LogP contribution is -2.47. The van der Waals surface area contributed by atoms with Gasteiger partial charge in [-0.25, -0.2) is 19.3 Å². The van der Waals surface area contributed by atoms with Crippen LogP contribution in [0.5, 0.6) is 0 Å². The van der Waals surface area contributed by atoms with E-state index in [-0.39, 0.29) is 13.0 Å². The van der Waals surface area contributed by atoms with Crippen LogP contribution in [0.2, 0.25) is 0 Å². The molecule has 0 N–H and O–H groups in total. The van der Waals surface area contributed by atoms with Gasteiger partial charge in [-0.15, -0.1) is 0 Å². The molecule has 1 aliphatic rings. The number of amides is 2. The molecule has 1 aromatic carbocycles. The van der Waals surface area contributed by atoms with E-state index >= 15 is 0 Å². The van der Waals surface area contributed by atoms with E-state index < -0.39 is 35.9 Å². The zero-order valence-electron chi connectivity index (χ0n) is 19.2. The van der Waals surface area contributed by atoms with Crippen molar-refractivity contribution in [3.63, 3.8) is 0 Å². The van der Waals surface area contributed by atoms with E-state index in [1.807, 2.05) is 52.0 Å². The molecule has 0 aliphatic carbocycles. The average molecular weight is 488 g/mol. The summed E-state index contributed by atoms with van der Waals surface area (Å²) in [6.07, 6.45) is -2.73. The molecule has 2 atom stereocenters. The molecule has 0 radical (unpaired) electrons. The molecular formula is C22H34BrNO6. The van der Waals surface area contributed by atoms with Crippen LogP contribution >= 0.6 is 15.9 Å². The smallest absolute Gasteiger partial charge is 0.420 e. The Labute approximate surface area is 188 Å². The molecule has 2 rings (SSSR count). The molecule has 30 heavy (non-hydrogen) atoms. The molecule has 1 fully saturated rings. The van der Waals surface area contributed by atoms with E-state index in [0.717, 1.165) is 14.9 Å². The zero-order valence-corrected chi connectivity index (χ0v) is 20.7. The lowest BCUT2D eigenvalue weighted by molar-refractivity contribution is -0.152. The highest BCUT2D eigenvalue weighted by Gasteiger charge is 2.51. The zero-order chi connectivity index (χ0) is 23.5. The maximum absolute atomic E-state index is 12.5. The van der Waals surface area contributed by atoms with Gasteiger partial charge in [-0.3, -0.25) is 0 Å². The number of carbonyl (C=O) groups excluding carboxylic acids is 3. The SMILES string of the molecule is CC.CC.CCOC(=O)[C@H]1OC(=O)N(C(=O)OC(C)(C)C)[C@@H]1Cc1ccc(Br)cc1. The Morgan fingerprint density at radius 2 is 1.63 bits per heavy atom. The van der Waals surface area contributed by atoms with E-state index in [1.165, 1.54) is 0 Å². The van der Waals surface area contributed by atoms with Crippen molar-refractivity contribution in [2.75, 3.05) is 6.61 Å². The Kier molecular flexibility index (Phi) is 12.3. The second kappa shape index (κ2) is 13.3. The number of nitrogens with zero attached hydrogens (tertiary/aromatic N) is 1. The van der Waals surface area contributed by atoms with Crippen molar-refractivity contribution >= 4 is 34.1 Å². The Morgan fingerprint density at radius 3 is 2.10 bits per heavy atom. The highest BCUT2D eigenvalue weighted by molar-refractivity contribution is 9.10. The van der Waals surface area contributed by atoms with Crippen LogP contribution in [0, 0.1) is 0 Å². The molecule has 0 aromatic heterocycles. The molecule has 0 bridgehead atoms. The summed E-state index contributed by atoms with van der Waals surface area (Å²) in [5.74, 6) is -0.686. The molecule has 1 saturated heterocycles. The van der Waals surface area contributed by atoms with E-state index in [2.05, 4.69) is 15.9 Å². The summed E-state index contributed by atoms with van der Waals surface area (Å²) >= 11 is 3.35. The van der Waals surface area contributed by atoms with E-state index in [1.54, 1.807) is 27.7 Å². The number of carbonyl (C=O) groups is 3. The van der Waals surface area contributed by atoms with Crippen molar-refractivity contribution in [2.24, 2.45) is 0 Å². The number of cyclic esters (lactones) is 1. The van der Waals surface area contributed by atoms with Crippen molar-refractivity contribution in [3.8, 4) is 0 Å². The van der Waals surface area contributed by atoms with Gasteiger partial charge in [0.05, 0.1) is 12.6 Å². The minimum Gasteiger partial charge on any atom is -0.463 e. The first-order chi connectivity index (χ1) is 14.1. The summed E-state index contributed by atoms with van der Waals surface area (Å²) in [6, 6.07) is 6.50. The molecule has 0 saturated carbocycles. The van der Waals surface area contributed by atoms with E-state index in [0.29, 0.717) is 0 Å². The normalized spacial score (nSPS) is 17.6. The van der Waals surface area contributed by atoms with Crippen LogP contribution in [0.3, 0.4) is 0 Å². The van der Waals surface area contributed by atoms with Gasteiger partial charge in [0.15, 0.2) is 0 Å². The summed E-state index contributed by atoms with van der Waals surface area (Å²) in [4.78, 5) is 37.8. The van der Waals surface area contributed by atoms with Crippen LogP contribution in [-0.2, 0) is 25.4 Å². The molecule has 7 nitrogen and oxygen atoms in total. The third-order valence-electron chi connectivity index (χ3n) is 3.57. The minimum absolute atomic E-state index is 0.143. The second-order valence-electron chi connectivity index (χ2n) is 6.80. The quantitative estimate of drug-likeness (QED) is 0.398. The first kappa shape index (κ1) is 27.9. The lowest BCUT2D eigenvalue weighted by atomic mass is 10.0. The fourth-order valence-corrected chi connectivity index (χ4v) is 2.79. The largest absolute Gasteiger partial charge is 0.463 e. The number of rotatable bonds is 4. The Hall–Kier alpha value is -2.09. The Balaban J connectivity index is 0.00000198. The van der Waals surface area contributed by atoms with Gasteiger partial charge in [0.2, 0.25) is 6.10 Å². The fraction of sp³-hybridized carbons (Fsp3) is 0.591. The second-order valence-corrected chi connectivity index (χ2v) is 7.72. The van der Waals surface area contributed by atoms with Crippen LogP contribution in [0.4, 0.5) is 9.59 Å². The topological polar surface area (TPSA) is 82.1 Å². The van der Waals surface area contributed by atoms with Crippen molar-refractivity contribution in [2.45, 2.75) is 79.6 Å². The molecule has 0 spiro atoms. The first-order valence-corrected chi connectivity index (χ1v) is 11.1. The van der Waals surface area contributed by atoms with Gasteiger partial charge in [0.1, 0.15) is 5.60 Å². The average Bonchev–Trinajstić information content (AvgIpc) is 3.02.